The number of hydrogen-bond donors (Lipinski definition) is 1. The normalized spacial score (nSPS) is 21.2. The topological polar surface area (TPSA) is 52.4 Å². The third-order valence-corrected chi connectivity index (χ3v) is 4.79. The summed E-state index contributed by atoms with van der Waals surface area (Å²) in [4.78, 5) is 19.9. The van der Waals surface area contributed by atoms with Crippen LogP contribution in [0.5, 0.6) is 0 Å². The Labute approximate surface area is 136 Å². The predicted molar refractivity (Wildman–Crippen MR) is 92.0 cm³/mol. The summed E-state index contributed by atoms with van der Waals surface area (Å²) in [5.74, 6) is 1.51. The number of nitrogens with zero attached hydrogens (tertiary/aromatic N) is 5. The van der Waals surface area contributed by atoms with Crippen molar-refractivity contribution in [1.82, 2.24) is 19.9 Å². The van der Waals surface area contributed by atoms with Crippen molar-refractivity contribution < 1.29 is 0 Å². The van der Waals surface area contributed by atoms with Crippen molar-refractivity contribution in [3.8, 4) is 0 Å². The smallest absolute Gasteiger partial charge is 0.253 e. The van der Waals surface area contributed by atoms with Gasteiger partial charge in [-0.25, -0.2) is 16.5 Å². The number of piperidine rings is 1. The average molecular weight is 310 g/mol. The monoisotopic (exact) mass is 310 g/mol. The number of anilines is 1. The van der Waals surface area contributed by atoms with Gasteiger partial charge in [0.2, 0.25) is 0 Å². The number of fused-ring (bicyclic) bond motifs is 1. The molecule has 1 saturated heterocycles. The van der Waals surface area contributed by atoms with Gasteiger partial charge in [0.1, 0.15) is 17.8 Å². The number of aromatic amines is 1. The molecular formula is C17H22N6. The van der Waals surface area contributed by atoms with Crippen LogP contribution in [0.15, 0.2) is 30.9 Å². The summed E-state index contributed by atoms with van der Waals surface area (Å²) in [5, 5.41) is 1.04. The molecule has 0 saturated carbocycles. The Hall–Kier alpha value is -2.55. The molecule has 0 amide bonds. The van der Waals surface area contributed by atoms with Crippen molar-refractivity contribution in [2.24, 2.45) is 5.92 Å². The van der Waals surface area contributed by atoms with E-state index in [0.29, 0.717) is 18.5 Å². The lowest BCUT2D eigenvalue weighted by molar-refractivity contribution is 0.204. The van der Waals surface area contributed by atoms with E-state index in [4.69, 9.17) is 6.57 Å². The molecule has 1 aliphatic rings. The summed E-state index contributed by atoms with van der Waals surface area (Å²) in [7, 11) is 2.09. The first-order valence-electron chi connectivity index (χ1n) is 7.88. The summed E-state index contributed by atoms with van der Waals surface area (Å²) in [5.41, 5.74) is 1.78. The van der Waals surface area contributed by atoms with Crippen molar-refractivity contribution in [3.05, 3.63) is 42.3 Å². The molecular weight excluding hydrogens is 288 g/mol. The van der Waals surface area contributed by atoms with E-state index in [0.717, 1.165) is 42.1 Å². The van der Waals surface area contributed by atoms with Gasteiger partial charge in [0.05, 0.1) is 17.1 Å². The molecule has 120 valence electrons. The van der Waals surface area contributed by atoms with Crippen molar-refractivity contribution >= 4 is 16.9 Å². The summed E-state index contributed by atoms with van der Waals surface area (Å²) in [6, 6.07) is 2.35. The maximum absolute atomic E-state index is 7.04. The first kappa shape index (κ1) is 15.3. The molecule has 3 heterocycles. The van der Waals surface area contributed by atoms with Crippen molar-refractivity contribution in [2.45, 2.75) is 19.4 Å². The van der Waals surface area contributed by atoms with E-state index in [2.05, 4.69) is 50.1 Å². The highest BCUT2D eigenvalue weighted by Gasteiger charge is 2.31. The minimum atomic E-state index is 0.333. The Kier molecular flexibility index (Phi) is 4.20. The lowest BCUT2D eigenvalue weighted by atomic mass is 9.92. The zero-order valence-corrected chi connectivity index (χ0v) is 13.7. The molecule has 0 unspecified atom stereocenters. The molecule has 3 rings (SSSR count). The highest BCUT2D eigenvalue weighted by molar-refractivity contribution is 5.87. The number of aromatic nitrogens is 3. The second kappa shape index (κ2) is 6.29. The van der Waals surface area contributed by atoms with Gasteiger partial charge in [0, 0.05) is 26.3 Å². The van der Waals surface area contributed by atoms with E-state index in [1.807, 2.05) is 12.3 Å². The second-order valence-corrected chi connectivity index (χ2v) is 6.21. The standard InChI is InChI=1S/C17H22N6/c1-12-6-8-23(13(2)9-18-3)10-15(12)22(4)17-14-5-7-19-16(14)20-11-21-17/h5,7,11-12,15H,2,6,8-10H2,1,4H3,(H,19,20,21)/t12-,15+/m1/s1. The highest BCUT2D eigenvalue weighted by Crippen LogP contribution is 2.29. The van der Waals surface area contributed by atoms with Gasteiger partial charge in [0.25, 0.3) is 6.54 Å². The van der Waals surface area contributed by atoms with Gasteiger partial charge in [0.15, 0.2) is 0 Å². The van der Waals surface area contributed by atoms with Gasteiger partial charge in [-0.15, -0.1) is 0 Å². The largest absolute Gasteiger partial charge is 0.367 e. The lowest BCUT2D eigenvalue weighted by Gasteiger charge is -2.43. The van der Waals surface area contributed by atoms with Gasteiger partial charge in [-0.05, 0) is 18.4 Å². The van der Waals surface area contributed by atoms with Crippen LogP contribution in [0.1, 0.15) is 13.3 Å². The van der Waals surface area contributed by atoms with Crippen molar-refractivity contribution in [2.75, 3.05) is 31.6 Å². The van der Waals surface area contributed by atoms with Gasteiger partial charge in [-0.1, -0.05) is 13.5 Å². The Bertz CT molecular complexity index is 743. The average Bonchev–Trinajstić information content (AvgIpc) is 3.03. The second-order valence-electron chi connectivity index (χ2n) is 6.21. The Morgan fingerprint density at radius 1 is 1.57 bits per heavy atom. The van der Waals surface area contributed by atoms with Gasteiger partial charge in [-0.3, -0.25) is 0 Å². The molecule has 1 aliphatic heterocycles. The fraction of sp³-hybridized carbons (Fsp3) is 0.471. The number of nitrogens with one attached hydrogen (secondary N) is 1. The zero-order chi connectivity index (χ0) is 16.4. The number of hydrogen-bond acceptors (Lipinski definition) is 4. The summed E-state index contributed by atoms with van der Waals surface area (Å²) in [6.45, 7) is 15.6. The van der Waals surface area contributed by atoms with Crippen molar-refractivity contribution in [1.29, 1.82) is 0 Å². The number of H-pyrrole nitrogens is 1. The third-order valence-electron chi connectivity index (χ3n) is 4.79. The predicted octanol–water partition coefficient (Wildman–Crippen LogP) is 2.54. The van der Waals surface area contributed by atoms with Crippen LogP contribution in [-0.4, -0.2) is 52.6 Å². The van der Waals surface area contributed by atoms with E-state index in [9.17, 15) is 0 Å². The molecule has 0 aromatic carbocycles. The van der Waals surface area contributed by atoms with E-state index in [1.54, 1.807) is 6.33 Å². The molecule has 23 heavy (non-hydrogen) atoms. The fourth-order valence-electron chi connectivity index (χ4n) is 3.33. The molecule has 0 aliphatic carbocycles. The quantitative estimate of drug-likeness (QED) is 0.882. The van der Waals surface area contributed by atoms with Crippen molar-refractivity contribution in [3.63, 3.8) is 0 Å². The third kappa shape index (κ3) is 2.87. The SMILES string of the molecule is [C-]#[N+]CC(=C)N1CC[C@@H](C)[C@@H](N(C)c2ncnc3[nH]ccc23)C1. The molecule has 2 atom stereocenters. The molecule has 0 bridgehead atoms. The van der Waals surface area contributed by atoms with Crippen LogP contribution in [0.25, 0.3) is 15.9 Å². The van der Waals surface area contributed by atoms with E-state index >= 15 is 0 Å². The molecule has 6 heteroatoms. The molecule has 1 fully saturated rings. The van der Waals surface area contributed by atoms with Crippen LogP contribution in [0.3, 0.4) is 0 Å². The van der Waals surface area contributed by atoms with Gasteiger partial charge in [-0.2, -0.15) is 0 Å². The Morgan fingerprint density at radius 3 is 3.17 bits per heavy atom. The fourth-order valence-corrected chi connectivity index (χ4v) is 3.33. The lowest BCUT2D eigenvalue weighted by Crippen LogP contribution is -2.51. The van der Waals surface area contributed by atoms with Gasteiger partial charge >= 0.3 is 0 Å². The number of rotatable bonds is 4. The first-order valence-corrected chi connectivity index (χ1v) is 7.88. The van der Waals surface area contributed by atoms with E-state index in [1.165, 1.54) is 0 Å². The summed E-state index contributed by atoms with van der Waals surface area (Å²) >= 11 is 0. The van der Waals surface area contributed by atoms with Crippen LogP contribution >= 0.6 is 0 Å². The van der Waals surface area contributed by atoms with E-state index in [-0.39, 0.29) is 0 Å². The van der Waals surface area contributed by atoms with Gasteiger partial charge < -0.3 is 19.6 Å². The van der Waals surface area contributed by atoms with Crippen LogP contribution in [-0.2, 0) is 0 Å². The maximum atomic E-state index is 7.04. The van der Waals surface area contributed by atoms with E-state index < -0.39 is 0 Å². The van der Waals surface area contributed by atoms with Crippen LogP contribution in [0, 0.1) is 12.5 Å². The Balaban J connectivity index is 1.85. The molecule has 2 aromatic heterocycles. The molecule has 6 nitrogen and oxygen atoms in total. The Morgan fingerprint density at radius 2 is 2.39 bits per heavy atom. The minimum absolute atomic E-state index is 0.333. The molecule has 1 N–H and O–H groups in total. The molecule has 0 spiro atoms. The highest BCUT2D eigenvalue weighted by atomic mass is 15.3. The van der Waals surface area contributed by atoms with Crippen LogP contribution < -0.4 is 4.90 Å². The zero-order valence-electron chi connectivity index (χ0n) is 13.7. The first-order chi connectivity index (χ1) is 11.1. The number of likely N-dealkylation sites (tertiary alicyclic amines) is 1. The molecule has 2 aromatic rings. The molecule has 0 radical (unpaired) electrons. The van der Waals surface area contributed by atoms with Crippen LogP contribution in [0.4, 0.5) is 5.82 Å². The number of likely N-dealkylation sites (N-methyl/N-ethyl adjacent to an activating group) is 1. The minimum Gasteiger partial charge on any atom is -0.367 e. The summed E-state index contributed by atoms with van der Waals surface area (Å²) < 4.78 is 0. The maximum Gasteiger partial charge on any atom is 0.253 e. The summed E-state index contributed by atoms with van der Waals surface area (Å²) in [6.07, 6.45) is 4.59. The van der Waals surface area contributed by atoms with Crippen LogP contribution in [0.2, 0.25) is 0 Å².